The first-order valence-corrected chi connectivity index (χ1v) is 9.35. The minimum atomic E-state index is -0.152. The lowest BCUT2D eigenvalue weighted by Crippen LogP contribution is -2.01. The summed E-state index contributed by atoms with van der Waals surface area (Å²) in [6.07, 6.45) is 4.58. The zero-order valence-corrected chi connectivity index (χ0v) is 16.3. The van der Waals surface area contributed by atoms with Crippen LogP contribution in [0.3, 0.4) is 0 Å². The van der Waals surface area contributed by atoms with E-state index in [0.717, 1.165) is 18.5 Å². The molecule has 0 radical (unpaired) electrons. The van der Waals surface area contributed by atoms with Gasteiger partial charge in [-0.25, -0.2) is 9.97 Å². The molecule has 3 aromatic rings. The molecule has 0 N–H and O–H groups in total. The minimum Gasteiger partial charge on any atom is -0.296 e. The molecule has 0 aliphatic heterocycles. The number of fused-ring (bicyclic) bond motifs is 1. The Hall–Kier alpha value is -3.51. The normalized spacial score (nSPS) is 10.6. The predicted molar refractivity (Wildman–Crippen MR) is 106 cm³/mol. The summed E-state index contributed by atoms with van der Waals surface area (Å²) < 4.78 is 1.83. The SMILES string of the molecule is CCCCCc1ccc(-n2c(C)c(C(C)=O)c3nc(C#N)c(C#N)nc32)cc1. The van der Waals surface area contributed by atoms with Crippen LogP contribution in [0.2, 0.25) is 0 Å². The number of nitriles is 2. The Balaban J connectivity index is 2.18. The Kier molecular flexibility index (Phi) is 5.52. The van der Waals surface area contributed by atoms with Gasteiger partial charge in [-0.1, -0.05) is 31.9 Å². The van der Waals surface area contributed by atoms with E-state index in [2.05, 4.69) is 29.0 Å². The standard InChI is InChI=1S/C22H21N5O/c1-4-5-6-7-16-8-10-17(11-9-16)27-14(2)20(15(3)28)21-22(27)26-19(13-24)18(12-23)25-21/h8-11H,4-7H2,1-3H3. The lowest BCUT2D eigenvalue weighted by atomic mass is 10.1. The maximum Gasteiger partial charge on any atom is 0.179 e. The van der Waals surface area contributed by atoms with Crippen LogP contribution in [-0.2, 0) is 6.42 Å². The Morgan fingerprint density at radius 2 is 1.71 bits per heavy atom. The number of Topliss-reactive ketones (excluding diaryl/α,β-unsaturated/α-hetero) is 1. The van der Waals surface area contributed by atoms with Gasteiger partial charge in [0.25, 0.3) is 0 Å². The highest BCUT2D eigenvalue weighted by Crippen LogP contribution is 2.28. The third kappa shape index (κ3) is 3.37. The highest BCUT2D eigenvalue weighted by atomic mass is 16.1. The zero-order chi connectivity index (χ0) is 20.3. The van der Waals surface area contributed by atoms with Crippen LogP contribution in [-0.4, -0.2) is 20.3 Å². The van der Waals surface area contributed by atoms with Gasteiger partial charge in [0.05, 0.1) is 5.56 Å². The number of hydrogen-bond acceptors (Lipinski definition) is 5. The summed E-state index contributed by atoms with van der Waals surface area (Å²) in [7, 11) is 0. The molecule has 0 amide bonds. The number of aryl methyl sites for hydroxylation is 1. The van der Waals surface area contributed by atoms with Gasteiger partial charge < -0.3 is 0 Å². The highest BCUT2D eigenvalue weighted by Gasteiger charge is 2.23. The van der Waals surface area contributed by atoms with Crippen LogP contribution in [0.15, 0.2) is 24.3 Å². The molecule has 0 fully saturated rings. The number of ketones is 1. The molecule has 28 heavy (non-hydrogen) atoms. The molecule has 6 heteroatoms. The number of hydrogen-bond donors (Lipinski definition) is 0. The van der Waals surface area contributed by atoms with Crippen molar-refractivity contribution in [3.8, 4) is 17.8 Å². The van der Waals surface area contributed by atoms with Crippen molar-refractivity contribution in [1.29, 1.82) is 10.5 Å². The van der Waals surface area contributed by atoms with Crippen LogP contribution in [0.4, 0.5) is 0 Å². The molecular formula is C22H21N5O. The largest absolute Gasteiger partial charge is 0.296 e. The summed E-state index contributed by atoms with van der Waals surface area (Å²) in [6.45, 7) is 5.48. The molecule has 0 aliphatic rings. The van der Waals surface area contributed by atoms with Crippen LogP contribution >= 0.6 is 0 Å². The number of unbranched alkanes of at least 4 members (excludes halogenated alkanes) is 2. The van der Waals surface area contributed by atoms with Gasteiger partial charge in [0.2, 0.25) is 0 Å². The monoisotopic (exact) mass is 371 g/mol. The van der Waals surface area contributed by atoms with Crippen LogP contribution in [0.25, 0.3) is 16.9 Å². The van der Waals surface area contributed by atoms with Crippen molar-refractivity contribution in [3.63, 3.8) is 0 Å². The number of carbonyl (C=O) groups is 1. The number of carbonyl (C=O) groups excluding carboxylic acids is 1. The molecule has 0 unspecified atom stereocenters. The van der Waals surface area contributed by atoms with Crippen LogP contribution in [0.1, 0.15) is 66.1 Å². The lowest BCUT2D eigenvalue weighted by molar-refractivity contribution is 0.101. The van der Waals surface area contributed by atoms with E-state index in [4.69, 9.17) is 0 Å². The first kappa shape index (κ1) is 19.3. The van der Waals surface area contributed by atoms with Crippen molar-refractivity contribution < 1.29 is 4.79 Å². The summed E-state index contributed by atoms with van der Waals surface area (Å²) in [5, 5.41) is 18.6. The van der Waals surface area contributed by atoms with Crippen molar-refractivity contribution in [2.75, 3.05) is 0 Å². The molecule has 0 spiro atoms. The Morgan fingerprint density at radius 3 is 2.29 bits per heavy atom. The van der Waals surface area contributed by atoms with Crippen LogP contribution in [0, 0.1) is 29.6 Å². The number of benzene rings is 1. The molecule has 0 saturated carbocycles. The van der Waals surface area contributed by atoms with Gasteiger partial charge in [0.15, 0.2) is 22.8 Å². The second-order valence-corrected chi connectivity index (χ2v) is 6.79. The van der Waals surface area contributed by atoms with Crippen LogP contribution < -0.4 is 0 Å². The van der Waals surface area contributed by atoms with E-state index in [0.29, 0.717) is 22.4 Å². The van der Waals surface area contributed by atoms with Crippen molar-refractivity contribution >= 4 is 16.9 Å². The van der Waals surface area contributed by atoms with E-state index in [1.807, 2.05) is 35.8 Å². The molecule has 2 aromatic heterocycles. The molecular weight excluding hydrogens is 350 g/mol. The number of nitrogens with zero attached hydrogens (tertiary/aromatic N) is 5. The van der Waals surface area contributed by atoms with E-state index in [9.17, 15) is 15.3 Å². The second kappa shape index (κ2) is 8.02. The highest BCUT2D eigenvalue weighted by molar-refractivity contribution is 6.06. The molecule has 140 valence electrons. The summed E-state index contributed by atoms with van der Waals surface area (Å²) in [5.41, 5.74) is 3.88. The number of aromatic nitrogens is 3. The summed E-state index contributed by atoms with van der Waals surface area (Å²) in [6, 6.07) is 11.9. The summed E-state index contributed by atoms with van der Waals surface area (Å²) in [4.78, 5) is 20.9. The fraction of sp³-hybridized carbons (Fsp3) is 0.318. The fourth-order valence-corrected chi connectivity index (χ4v) is 3.48. The fourth-order valence-electron chi connectivity index (χ4n) is 3.48. The average molecular weight is 371 g/mol. The van der Waals surface area contributed by atoms with Gasteiger partial charge in [0, 0.05) is 11.4 Å². The average Bonchev–Trinajstić information content (AvgIpc) is 2.98. The minimum absolute atomic E-state index is 0.0416. The van der Waals surface area contributed by atoms with Crippen molar-refractivity contribution in [2.45, 2.75) is 46.5 Å². The Labute approximate surface area is 164 Å². The molecule has 0 saturated heterocycles. The lowest BCUT2D eigenvalue weighted by Gasteiger charge is -2.09. The van der Waals surface area contributed by atoms with Crippen LogP contribution in [0.5, 0.6) is 0 Å². The van der Waals surface area contributed by atoms with Gasteiger partial charge in [-0.05, 0) is 44.4 Å². The first-order chi connectivity index (χ1) is 13.5. The van der Waals surface area contributed by atoms with E-state index in [1.54, 1.807) is 0 Å². The Bertz CT molecular complexity index is 1130. The third-order valence-corrected chi connectivity index (χ3v) is 4.85. The van der Waals surface area contributed by atoms with Gasteiger partial charge >= 0.3 is 0 Å². The first-order valence-electron chi connectivity index (χ1n) is 9.35. The maximum atomic E-state index is 12.3. The molecule has 3 rings (SSSR count). The molecule has 0 atom stereocenters. The van der Waals surface area contributed by atoms with Gasteiger partial charge in [0.1, 0.15) is 17.7 Å². The second-order valence-electron chi connectivity index (χ2n) is 6.79. The summed E-state index contributed by atoms with van der Waals surface area (Å²) >= 11 is 0. The van der Waals surface area contributed by atoms with E-state index >= 15 is 0 Å². The van der Waals surface area contributed by atoms with E-state index < -0.39 is 0 Å². The number of rotatable bonds is 6. The third-order valence-electron chi connectivity index (χ3n) is 4.85. The van der Waals surface area contributed by atoms with Crippen molar-refractivity contribution in [1.82, 2.24) is 14.5 Å². The topological polar surface area (TPSA) is 95.4 Å². The van der Waals surface area contributed by atoms with Crippen molar-refractivity contribution in [3.05, 3.63) is 52.5 Å². The molecule has 0 aliphatic carbocycles. The molecule has 0 bridgehead atoms. The van der Waals surface area contributed by atoms with Gasteiger partial charge in [-0.3, -0.25) is 9.36 Å². The van der Waals surface area contributed by atoms with E-state index in [1.165, 1.54) is 25.3 Å². The quantitative estimate of drug-likeness (QED) is 0.472. The molecule has 2 heterocycles. The molecule has 1 aromatic carbocycles. The van der Waals surface area contributed by atoms with Gasteiger partial charge in [-0.15, -0.1) is 0 Å². The van der Waals surface area contributed by atoms with Gasteiger partial charge in [-0.2, -0.15) is 10.5 Å². The molecule has 6 nitrogen and oxygen atoms in total. The summed E-state index contributed by atoms with van der Waals surface area (Å²) in [5.74, 6) is -0.152. The van der Waals surface area contributed by atoms with E-state index in [-0.39, 0.29) is 17.2 Å². The van der Waals surface area contributed by atoms with Crippen molar-refractivity contribution in [2.24, 2.45) is 0 Å². The Morgan fingerprint density at radius 1 is 1.07 bits per heavy atom. The maximum absolute atomic E-state index is 12.3. The predicted octanol–water partition coefficient (Wildman–Crippen LogP) is 4.41. The smallest absolute Gasteiger partial charge is 0.179 e. The zero-order valence-electron chi connectivity index (χ0n) is 16.3.